The molecule has 0 radical (unpaired) electrons. The number of hydrogen-bond acceptors (Lipinski definition) is 4. The molecule has 1 aromatic carbocycles. The lowest BCUT2D eigenvalue weighted by Crippen LogP contribution is -2.42. The van der Waals surface area contributed by atoms with Gasteiger partial charge in [0.15, 0.2) is 0 Å². The second-order valence-electron chi connectivity index (χ2n) is 5.83. The van der Waals surface area contributed by atoms with Gasteiger partial charge in [0.25, 0.3) is 0 Å². The van der Waals surface area contributed by atoms with E-state index in [4.69, 9.17) is 9.47 Å². The van der Waals surface area contributed by atoms with Gasteiger partial charge in [-0.2, -0.15) is 0 Å². The Balaban J connectivity index is 1.58. The minimum absolute atomic E-state index is 0.0767. The summed E-state index contributed by atoms with van der Waals surface area (Å²) in [5.41, 5.74) is 0. The summed E-state index contributed by atoms with van der Waals surface area (Å²) in [6.07, 6.45) is 2.38. The molecule has 1 aliphatic rings. The van der Waals surface area contributed by atoms with Gasteiger partial charge in [0.05, 0.1) is 20.2 Å². The van der Waals surface area contributed by atoms with E-state index in [-0.39, 0.29) is 5.91 Å². The molecule has 22 heavy (non-hydrogen) atoms. The van der Waals surface area contributed by atoms with E-state index < -0.39 is 0 Å². The molecule has 1 aromatic rings. The van der Waals surface area contributed by atoms with Crippen LogP contribution in [-0.2, 0) is 4.79 Å². The summed E-state index contributed by atoms with van der Waals surface area (Å²) in [5.74, 6) is 2.45. The predicted molar refractivity (Wildman–Crippen MR) is 86.3 cm³/mol. The summed E-state index contributed by atoms with van der Waals surface area (Å²) in [4.78, 5) is 14.1. The largest absolute Gasteiger partial charge is 0.497 e. The second-order valence-corrected chi connectivity index (χ2v) is 5.83. The first-order valence-corrected chi connectivity index (χ1v) is 7.93. The molecule has 0 spiro atoms. The zero-order valence-corrected chi connectivity index (χ0v) is 13.5. The lowest BCUT2D eigenvalue weighted by Gasteiger charge is -2.29. The molecule has 1 amide bonds. The van der Waals surface area contributed by atoms with Crippen LogP contribution in [0.25, 0.3) is 0 Å². The van der Waals surface area contributed by atoms with E-state index in [1.807, 2.05) is 24.3 Å². The van der Waals surface area contributed by atoms with Crippen LogP contribution in [0.3, 0.4) is 0 Å². The predicted octanol–water partition coefficient (Wildman–Crippen LogP) is 1.92. The number of piperidine rings is 1. The normalized spacial score (nSPS) is 16.3. The molecule has 0 bridgehead atoms. The Labute approximate surface area is 132 Å². The maximum Gasteiger partial charge on any atom is 0.234 e. The zero-order valence-electron chi connectivity index (χ0n) is 13.5. The summed E-state index contributed by atoms with van der Waals surface area (Å²) in [5, 5.41) is 2.90. The van der Waals surface area contributed by atoms with Gasteiger partial charge in [-0.3, -0.25) is 9.69 Å². The molecular weight excluding hydrogens is 280 g/mol. The van der Waals surface area contributed by atoms with Gasteiger partial charge in [0.1, 0.15) is 18.1 Å². The van der Waals surface area contributed by atoms with Gasteiger partial charge >= 0.3 is 0 Å². The first kappa shape index (κ1) is 16.6. The SMILES string of the molecule is COc1ccc(OCCNC(=O)CN2CCC(C)CC2)cc1. The van der Waals surface area contributed by atoms with Crippen molar-refractivity contribution in [1.29, 1.82) is 0 Å². The van der Waals surface area contributed by atoms with Crippen molar-refractivity contribution < 1.29 is 14.3 Å². The molecule has 1 fully saturated rings. The molecule has 0 atom stereocenters. The Hall–Kier alpha value is -1.75. The molecule has 1 N–H and O–H groups in total. The van der Waals surface area contributed by atoms with Crippen molar-refractivity contribution in [3.8, 4) is 11.5 Å². The first-order valence-electron chi connectivity index (χ1n) is 7.93. The van der Waals surface area contributed by atoms with Crippen LogP contribution >= 0.6 is 0 Å². The van der Waals surface area contributed by atoms with Crippen LogP contribution in [0.4, 0.5) is 0 Å². The van der Waals surface area contributed by atoms with E-state index in [0.717, 1.165) is 30.5 Å². The number of carbonyl (C=O) groups excluding carboxylic acids is 1. The Morgan fingerprint density at radius 3 is 2.50 bits per heavy atom. The fourth-order valence-corrected chi connectivity index (χ4v) is 2.51. The third-order valence-electron chi connectivity index (χ3n) is 4.00. The van der Waals surface area contributed by atoms with Gasteiger partial charge in [-0.1, -0.05) is 6.92 Å². The summed E-state index contributed by atoms with van der Waals surface area (Å²) in [6.45, 7) is 5.81. The van der Waals surface area contributed by atoms with Gasteiger partial charge in [0.2, 0.25) is 5.91 Å². The number of benzene rings is 1. The summed E-state index contributed by atoms with van der Waals surface area (Å²) in [6, 6.07) is 7.42. The fraction of sp³-hybridized carbons (Fsp3) is 0.588. The van der Waals surface area contributed by atoms with Gasteiger partial charge in [0, 0.05) is 0 Å². The number of carbonyl (C=O) groups is 1. The summed E-state index contributed by atoms with van der Waals surface area (Å²) < 4.78 is 10.7. The van der Waals surface area contributed by atoms with Gasteiger partial charge in [-0.25, -0.2) is 0 Å². The van der Waals surface area contributed by atoms with Gasteiger partial charge in [-0.05, 0) is 56.1 Å². The summed E-state index contributed by atoms with van der Waals surface area (Å²) >= 11 is 0. The smallest absolute Gasteiger partial charge is 0.234 e. The minimum Gasteiger partial charge on any atom is -0.497 e. The van der Waals surface area contributed by atoms with Crippen LogP contribution < -0.4 is 14.8 Å². The van der Waals surface area contributed by atoms with Crippen LogP contribution in [0.1, 0.15) is 19.8 Å². The topological polar surface area (TPSA) is 50.8 Å². The number of ether oxygens (including phenoxy) is 2. The van der Waals surface area contributed by atoms with Crippen LogP contribution in [0.5, 0.6) is 11.5 Å². The quantitative estimate of drug-likeness (QED) is 0.782. The van der Waals surface area contributed by atoms with E-state index in [9.17, 15) is 4.79 Å². The van der Waals surface area contributed by atoms with Crippen molar-refractivity contribution in [3.05, 3.63) is 24.3 Å². The molecule has 1 heterocycles. The first-order chi connectivity index (χ1) is 10.7. The number of nitrogens with one attached hydrogen (secondary N) is 1. The maximum atomic E-state index is 11.9. The molecule has 1 aliphatic heterocycles. The molecular formula is C17H26N2O3. The lowest BCUT2D eigenvalue weighted by molar-refractivity contribution is -0.122. The molecule has 122 valence electrons. The second kappa shape index (κ2) is 8.63. The highest BCUT2D eigenvalue weighted by molar-refractivity contribution is 5.78. The van der Waals surface area contributed by atoms with Crippen molar-refractivity contribution in [2.75, 3.05) is 39.9 Å². The Kier molecular flexibility index (Phi) is 6.52. The Morgan fingerprint density at radius 1 is 1.23 bits per heavy atom. The number of methoxy groups -OCH3 is 1. The molecule has 1 saturated heterocycles. The number of hydrogen-bond donors (Lipinski definition) is 1. The van der Waals surface area contributed by atoms with Gasteiger partial charge in [-0.15, -0.1) is 0 Å². The highest BCUT2D eigenvalue weighted by Gasteiger charge is 2.17. The van der Waals surface area contributed by atoms with Crippen molar-refractivity contribution in [2.24, 2.45) is 5.92 Å². The minimum atomic E-state index is 0.0767. The van der Waals surface area contributed by atoms with E-state index in [2.05, 4.69) is 17.1 Å². The number of nitrogens with zero attached hydrogens (tertiary/aromatic N) is 1. The Bertz CT molecular complexity index is 453. The number of likely N-dealkylation sites (tertiary alicyclic amines) is 1. The third-order valence-corrected chi connectivity index (χ3v) is 4.00. The standard InChI is InChI=1S/C17H26N2O3/c1-14-7-10-19(11-8-14)13-17(20)18-9-12-22-16-5-3-15(21-2)4-6-16/h3-6,14H,7-13H2,1-2H3,(H,18,20). The van der Waals surface area contributed by atoms with Crippen LogP contribution in [0, 0.1) is 5.92 Å². The molecule has 0 aliphatic carbocycles. The highest BCUT2D eigenvalue weighted by Crippen LogP contribution is 2.17. The Morgan fingerprint density at radius 2 is 1.86 bits per heavy atom. The van der Waals surface area contributed by atoms with E-state index in [1.54, 1.807) is 7.11 Å². The van der Waals surface area contributed by atoms with Crippen LogP contribution in [0.15, 0.2) is 24.3 Å². The molecule has 5 nitrogen and oxygen atoms in total. The number of amides is 1. The van der Waals surface area contributed by atoms with Crippen molar-refractivity contribution >= 4 is 5.91 Å². The van der Waals surface area contributed by atoms with Crippen LogP contribution in [0.2, 0.25) is 0 Å². The number of rotatable bonds is 7. The van der Waals surface area contributed by atoms with E-state index in [0.29, 0.717) is 19.7 Å². The summed E-state index contributed by atoms with van der Waals surface area (Å²) in [7, 11) is 1.63. The van der Waals surface area contributed by atoms with Gasteiger partial charge < -0.3 is 14.8 Å². The average molecular weight is 306 g/mol. The molecule has 2 rings (SSSR count). The zero-order chi connectivity index (χ0) is 15.8. The van der Waals surface area contributed by atoms with E-state index in [1.165, 1.54) is 12.8 Å². The molecule has 5 heteroatoms. The molecule has 0 aromatic heterocycles. The molecule has 0 unspecified atom stereocenters. The van der Waals surface area contributed by atoms with Crippen molar-refractivity contribution in [2.45, 2.75) is 19.8 Å². The monoisotopic (exact) mass is 306 g/mol. The van der Waals surface area contributed by atoms with Crippen molar-refractivity contribution in [1.82, 2.24) is 10.2 Å². The third kappa shape index (κ3) is 5.56. The van der Waals surface area contributed by atoms with Crippen LogP contribution in [-0.4, -0.2) is 50.7 Å². The van der Waals surface area contributed by atoms with E-state index >= 15 is 0 Å². The van der Waals surface area contributed by atoms with Crippen molar-refractivity contribution in [3.63, 3.8) is 0 Å². The average Bonchev–Trinajstić information content (AvgIpc) is 2.54. The lowest BCUT2D eigenvalue weighted by atomic mass is 9.99. The molecule has 0 saturated carbocycles. The highest BCUT2D eigenvalue weighted by atomic mass is 16.5. The maximum absolute atomic E-state index is 11.9. The fourth-order valence-electron chi connectivity index (χ4n) is 2.51.